The minimum atomic E-state index is -0.693. The Morgan fingerprint density at radius 1 is 1.24 bits per heavy atom. The Labute approximate surface area is 219 Å². The highest BCUT2D eigenvalue weighted by molar-refractivity contribution is 5.91. The Morgan fingerprint density at radius 2 is 1.97 bits per heavy atom. The number of ether oxygens (including phenoxy) is 2. The number of piperidine rings is 1. The number of carbonyl (C=O) groups excluding carboxylic acids is 4. The number of nitrogens with one attached hydrogen (secondary N) is 1. The zero-order valence-corrected chi connectivity index (χ0v) is 21.2. The first-order valence-electron chi connectivity index (χ1n) is 12.3. The van der Waals surface area contributed by atoms with Crippen LogP contribution in [0.15, 0.2) is 36.5 Å². The molecule has 2 fully saturated rings. The number of rotatable bonds is 8. The first-order valence-corrected chi connectivity index (χ1v) is 12.3. The van der Waals surface area contributed by atoms with Crippen LogP contribution in [0.4, 0.5) is 20.7 Å². The summed E-state index contributed by atoms with van der Waals surface area (Å²) in [7, 11) is 0. The Morgan fingerprint density at radius 3 is 2.58 bits per heavy atom. The van der Waals surface area contributed by atoms with Gasteiger partial charge in [-0.3, -0.25) is 19.3 Å². The van der Waals surface area contributed by atoms with Crippen LogP contribution in [0, 0.1) is 11.7 Å². The molecule has 2 atom stereocenters. The SMILES string of the molecule is CC(=O)OCC(=O)NC1CCN(c2ccc(-c3ccc(N4CC([C@H](C)C(N)=O)OC4=O)cc3F)cn2)CC1. The van der Waals surface area contributed by atoms with Gasteiger partial charge < -0.3 is 25.4 Å². The summed E-state index contributed by atoms with van der Waals surface area (Å²) in [6, 6.07) is 8.03. The molecule has 3 N–H and O–H groups in total. The van der Waals surface area contributed by atoms with Crippen LogP contribution in [0.3, 0.4) is 0 Å². The van der Waals surface area contributed by atoms with Crippen LogP contribution >= 0.6 is 0 Å². The van der Waals surface area contributed by atoms with E-state index >= 15 is 4.39 Å². The Bertz CT molecular complexity index is 1220. The van der Waals surface area contributed by atoms with Crippen LogP contribution in [0.5, 0.6) is 0 Å². The second kappa shape index (κ2) is 11.4. The fraction of sp³-hybridized carbons (Fsp3) is 0.423. The highest BCUT2D eigenvalue weighted by atomic mass is 19.1. The highest BCUT2D eigenvalue weighted by Gasteiger charge is 2.38. The van der Waals surface area contributed by atoms with E-state index in [0.29, 0.717) is 42.7 Å². The van der Waals surface area contributed by atoms with Crippen molar-refractivity contribution in [1.29, 1.82) is 0 Å². The van der Waals surface area contributed by atoms with Crippen molar-refractivity contribution in [2.24, 2.45) is 11.7 Å². The number of amides is 3. The van der Waals surface area contributed by atoms with Crippen LogP contribution in [0.2, 0.25) is 0 Å². The van der Waals surface area contributed by atoms with E-state index in [1.807, 2.05) is 6.07 Å². The lowest BCUT2D eigenvalue weighted by molar-refractivity contribution is -0.146. The third-order valence-corrected chi connectivity index (χ3v) is 6.76. The molecule has 202 valence electrons. The van der Waals surface area contributed by atoms with Crippen LogP contribution in [-0.2, 0) is 23.9 Å². The number of cyclic esters (lactones) is 1. The molecule has 0 spiro atoms. The van der Waals surface area contributed by atoms with Gasteiger partial charge in [-0.05, 0) is 50.1 Å². The minimum Gasteiger partial charge on any atom is -0.456 e. The second-order valence-electron chi connectivity index (χ2n) is 9.40. The number of anilines is 2. The molecule has 3 amide bonds. The van der Waals surface area contributed by atoms with Crippen LogP contribution < -0.4 is 20.9 Å². The number of primary amides is 1. The van der Waals surface area contributed by atoms with E-state index in [-0.39, 0.29) is 25.1 Å². The first-order chi connectivity index (χ1) is 18.1. The van der Waals surface area contributed by atoms with Crippen molar-refractivity contribution >= 4 is 35.4 Å². The van der Waals surface area contributed by atoms with Gasteiger partial charge in [0.15, 0.2) is 6.61 Å². The normalized spacial score (nSPS) is 18.6. The summed E-state index contributed by atoms with van der Waals surface area (Å²) in [5, 5.41) is 2.87. The Hall–Kier alpha value is -4.22. The summed E-state index contributed by atoms with van der Waals surface area (Å²) in [4.78, 5) is 54.2. The molecule has 0 saturated carbocycles. The molecule has 38 heavy (non-hydrogen) atoms. The van der Waals surface area contributed by atoms with E-state index in [0.717, 1.165) is 5.82 Å². The third kappa shape index (κ3) is 6.18. The molecule has 2 saturated heterocycles. The van der Waals surface area contributed by atoms with E-state index in [2.05, 4.69) is 15.2 Å². The lowest BCUT2D eigenvalue weighted by Crippen LogP contribution is -2.46. The van der Waals surface area contributed by atoms with Crippen molar-refractivity contribution in [2.45, 2.75) is 38.8 Å². The second-order valence-corrected chi connectivity index (χ2v) is 9.40. The third-order valence-electron chi connectivity index (χ3n) is 6.76. The van der Waals surface area contributed by atoms with Crippen molar-refractivity contribution in [3.05, 3.63) is 42.3 Å². The number of halogens is 1. The van der Waals surface area contributed by atoms with Crippen molar-refractivity contribution in [3.8, 4) is 11.1 Å². The van der Waals surface area contributed by atoms with Gasteiger partial charge in [0, 0.05) is 43.4 Å². The molecule has 3 heterocycles. The lowest BCUT2D eigenvalue weighted by atomic mass is 10.0. The first kappa shape index (κ1) is 26.8. The smallest absolute Gasteiger partial charge is 0.414 e. The summed E-state index contributed by atoms with van der Waals surface area (Å²) in [5.74, 6) is -1.84. The quantitative estimate of drug-likeness (QED) is 0.496. The van der Waals surface area contributed by atoms with Crippen LogP contribution in [-0.4, -0.2) is 67.2 Å². The van der Waals surface area contributed by atoms with Gasteiger partial charge in [0.05, 0.1) is 18.2 Å². The van der Waals surface area contributed by atoms with Gasteiger partial charge in [0.25, 0.3) is 5.91 Å². The predicted octanol–water partition coefficient (Wildman–Crippen LogP) is 1.98. The fourth-order valence-corrected chi connectivity index (χ4v) is 4.47. The summed E-state index contributed by atoms with van der Waals surface area (Å²) in [6.45, 7) is 4.00. The summed E-state index contributed by atoms with van der Waals surface area (Å²) in [5.41, 5.74) is 6.54. The molecule has 1 aromatic heterocycles. The number of aromatic nitrogens is 1. The van der Waals surface area contributed by atoms with Gasteiger partial charge in [-0.15, -0.1) is 0 Å². The number of benzene rings is 1. The number of hydrogen-bond acceptors (Lipinski definition) is 8. The zero-order valence-electron chi connectivity index (χ0n) is 21.2. The van der Waals surface area contributed by atoms with Crippen LogP contribution in [0.25, 0.3) is 11.1 Å². The number of carbonyl (C=O) groups is 4. The molecule has 2 aromatic rings. The average Bonchev–Trinajstić information content (AvgIpc) is 3.29. The summed E-state index contributed by atoms with van der Waals surface area (Å²) < 4.78 is 25.0. The molecule has 2 aliphatic rings. The lowest BCUT2D eigenvalue weighted by Gasteiger charge is -2.33. The average molecular weight is 528 g/mol. The van der Waals surface area contributed by atoms with E-state index in [9.17, 15) is 19.2 Å². The molecule has 0 bridgehead atoms. The van der Waals surface area contributed by atoms with Crippen molar-refractivity contribution in [1.82, 2.24) is 10.3 Å². The van der Waals surface area contributed by atoms with Crippen molar-refractivity contribution < 1.29 is 33.0 Å². The molecule has 12 heteroatoms. The van der Waals surface area contributed by atoms with Gasteiger partial charge in [0.1, 0.15) is 17.7 Å². The Balaban J connectivity index is 1.35. The van der Waals surface area contributed by atoms with Gasteiger partial charge >= 0.3 is 12.1 Å². The standard InChI is InChI=1S/C26H30FN5O6/c1-15(25(28)35)22-13-32(26(36)38-22)19-4-5-20(21(27)11-19)17-3-6-23(29-12-17)31-9-7-18(8-10-31)30-24(34)14-37-16(2)33/h3-6,11-12,15,18,22H,7-10,13-14H2,1-2H3,(H2,28,35)(H,30,34)/t15-,22?/m0/s1. The predicted molar refractivity (Wildman–Crippen MR) is 136 cm³/mol. The fourth-order valence-electron chi connectivity index (χ4n) is 4.47. The largest absolute Gasteiger partial charge is 0.456 e. The maximum Gasteiger partial charge on any atom is 0.414 e. The summed E-state index contributed by atoms with van der Waals surface area (Å²) in [6.07, 6.45) is 1.66. The number of nitrogens with two attached hydrogens (primary N) is 1. The molecule has 1 unspecified atom stereocenters. The van der Waals surface area contributed by atoms with E-state index in [1.54, 1.807) is 31.3 Å². The van der Waals surface area contributed by atoms with Gasteiger partial charge in [0.2, 0.25) is 5.91 Å². The maximum atomic E-state index is 15.0. The maximum absolute atomic E-state index is 15.0. The molecule has 2 aliphatic heterocycles. The van der Waals surface area contributed by atoms with E-state index in [4.69, 9.17) is 15.2 Å². The molecular weight excluding hydrogens is 497 g/mol. The minimum absolute atomic E-state index is 0.0108. The van der Waals surface area contributed by atoms with Gasteiger partial charge in [-0.25, -0.2) is 14.2 Å². The zero-order chi connectivity index (χ0) is 27.4. The number of esters is 1. The molecule has 4 rings (SSSR count). The van der Waals surface area contributed by atoms with E-state index in [1.165, 1.54) is 17.9 Å². The summed E-state index contributed by atoms with van der Waals surface area (Å²) >= 11 is 0. The monoisotopic (exact) mass is 527 g/mol. The molecule has 11 nitrogen and oxygen atoms in total. The Kier molecular flexibility index (Phi) is 8.08. The molecule has 1 aromatic carbocycles. The topological polar surface area (TPSA) is 144 Å². The van der Waals surface area contributed by atoms with Crippen LogP contribution in [0.1, 0.15) is 26.7 Å². The van der Waals surface area contributed by atoms with Gasteiger partial charge in [-0.2, -0.15) is 0 Å². The number of pyridine rings is 1. The van der Waals surface area contributed by atoms with Crippen molar-refractivity contribution in [3.63, 3.8) is 0 Å². The highest BCUT2D eigenvalue weighted by Crippen LogP contribution is 2.31. The van der Waals surface area contributed by atoms with Gasteiger partial charge in [-0.1, -0.05) is 0 Å². The molecule has 0 aliphatic carbocycles. The number of hydrogen-bond donors (Lipinski definition) is 2. The number of nitrogens with zero attached hydrogens (tertiary/aromatic N) is 3. The molecule has 0 radical (unpaired) electrons. The molecular formula is C26H30FN5O6. The van der Waals surface area contributed by atoms with E-state index < -0.39 is 35.8 Å². The van der Waals surface area contributed by atoms with Crippen molar-refractivity contribution in [2.75, 3.05) is 36.0 Å².